The molecule has 23 heavy (non-hydrogen) atoms. The van der Waals surface area contributed by atoms with Crippen molar-refractivity contribution in [1.29, 1.82) is 0 Å². The minimum Gasteiger partial charge on any atom is -0.381 e. The third-order valence-corrected chi connectivity index (χ3v) is 4.94. The van der Waals surface area contributed by atoms with E-state index >= 15 is 0 Å². The Kier molecular flexibility index (Phi) is 5.13. The van der Waals surface area contributed by atoms with Gasteiger partial charge in [-0.05, 0) is 31.2 Å². The van der Waals surface area contributed by atoms with E-state index in [0.717, 1.165) is 32.5 Å². The maximum Gasteiger partial charge on any atom is 0.252 e. The molecular formula is C17H24N2O4. The van der Waals surface area contributed by atoms with Gasteiger partial charge in [0, 0.05) is 51.1 Å². The third-order valence-electron chi connectivity index (χ3n) is 4.94. The van der Waals surface area contributed by atoms with Crippen LogP contribution in [0.4, 0.5) is 0 Å². The van der Waals surface area contributed by atoms with Crippen molar-refractivity contribution in [2.24, 2.45) is 18.9 Å². The summed E-state index contributed by atoms with van der Waals surface area (Å²) in [4.78, 5) is 24.0. The Balaban J connectivity index is 1.69. The SMILES string of the molecule is Cn1cc(C(=O)N[C@H]2CCOC[C@H]2C2CCOCC2)ccc1=O. The molecule has 1 aromatic rings. The molecule has 0 radical (unpaired) electrons. The molecule has 0 bridgehead atoms. The maximum absolute atomic E-state index is 12.5. The van der Waals surface area contributed by atoms with Crippen LogP contribution in [0.5, 0.6) is 0 Å². The number of hydrogen-bond donors (Lipinski definition) is 1. The summed E-state index contributed by atoms with van der Waals surface area (Å²) in [6.45, 7) is 2.96. The highest BCUT2D eigenvalue weighted by atomic mass is 16.5. The molecular weight excluding hydrogens is 296 g/mol. The molecule has 2 saturated heterocycles. The zero-order valence-electron chi connectivity index (χ0n) is 13.5. The number of aromatic nitrogens is 1. The van der Waals surface area contributed by atoms with Gasteiger partial charge in [0.1, 0.15) is 0 Å². The van der Waals surface area contributed by atoms with Gasteiger partial charge in [0.25, 0.3) is 5.91 Å². The van der Waals surface area contributed by atoms with Crippen molar-refractivity contribution in [3.63, 3.8) is 0 Å². The lowest BCUT2D eigenvalue weighted by atomic mass is 9.79. The molecule has 0 aromatic carbocycles. The van der Waals surface area contributed by atoms with Crippen molar-refractivity contribution < 1.29 is 14.3 Å². The largest absolute Gasteiger partial charge is 0.381 e. The van der Waals surface area contributed by atoms with Crippen LogP contribution in [0.2, 0.25) is 0 Å². The van der Waals surface area contributed by atoms with Crippen molar-refractivity contribution in [3.8, 4) is 0 Å². The average Bonchev–Trinajstić information content (AvgIpc) is 2.58. The van der Waals surface area contributed by atoms with Crippen LogP contribution in [-0.2, 0) is 16.5 Å². The molecule has 2 aliphatic heterocycles. The summed E-state index contributed by atoms with van der Waals surface area (Å²) < 4.78 is 12.5. The topological polar surface area (TPSA) is 69.6 Å². The first-order chi connectivity index (χ1) is 11.1. The van der Waals surface area contributed by atoms with Gasteiger partial charge < -0.3 is 19.4 Å². The molecule has 3 heterocycles. The highest BCUT2D eigenvalue weighted by Crippen LogP contribution is 2.30. The number of nitrogens with zero attached hydrogens (tertiary/aromatic N) is 1. The van der Waals surface area contributed by atoms with E-state index in [0.29, 0.717) is 30.6 Å². The summed E-state index contributed by atoms with van der Waals surface area (Å²) in [7, 11) is 1.65. The number of rotatable bonds is 3. The van der Waals surface area contributed by atoms with Crippen molar-refractivity contribution in [2.45, 2.75) is 25.3 Å². The summed E-state index contributed by atoms with van der Waals surface area (Å²) >= 11 is 0. The van der Waals surface area contributed by atoms with Crippen LogP contribution in [0.25, 0.3) is 0 Å². The van der Waals surface area contributed by atoms with Crippen LogP contribution in [0, 0.1) is 11.8 Å². The normalized spacial score (nSPS) is 26.0. The van der Waals surface area contributed by atoms with Crippen molar-refractivity contribution in [3.05, 3.63) is 34.2 Å². The van der Waals surface area contributed by atoms with Gasteiger partial charge >= 0.3 is 0 Å². The molecule has 1 aromatic heterocycles. The highest BCUT2D eigenvalue weighted by molar-refractivity contribution is 5.94. The summed E-state index contributed by atoms with van der Waals surface area (Å²) in [6, 6.07) is 3.13. The van der Waals surface area contributed by atoms with Gasteiger partial charge in [-0.2, -0.15) is 0 Å². The summed E-state index contributed by atoms with van der Waals surface area (Å²) in [5.74, 6) is 0.753. The molecule has 2 fully saturated rings. The van der Waals surface area contributed by atoms with Gasteiger partial charge in [0.15, 0.2) is 0 Å². The van der Waals surface area contributed by atoms with Crippen LogP contribution < -0.4 is 10.9 Å². The van der Waals surface area contributed by atoms with Gasteiger partial charge in [-0.15, -0.1) is 0 Å². The standard InChI is InChI=1S/C17H24N2O4/c1-19-10-13(2-3-16(19)20)17(21)18-15-6-9-23-11-14(15)12-4-7-22-8-5-12/h2-3,10,12,14-15H,4-9,11H2,1H3,(H,18,21)/t14-,15-/m0/s1. The molecule has 2 atom stereocenters. The summed E-state index contributed by atoms with van der Waals surface area (Å²) in [5.41, 5.74) is 0.400. The Hall–Kier alpha value is -1.66. The van der Waals surface area contributed by atoms with Gasteiger partial charge in [-0.25, -0.2) is 0 Å². The van der Waals surface area contributed by atoms with E-state index in [1.807, 2.05) is 0 Å². The number of amides is 1. The monoisotopic (exact) mass is 320 g/mol. The molecule has 3 rings (SSSR count). The number of pyridine rings is 1. The lowest BCUT2D eigenvalue weighted by Crippen LogP contribution is -2.49. The molecule has 126 valence electrons. The molecule has 0 unspecified atom stereocenters. The first-order valence-corrected chi connectivity index (χ1v) is 8.28. The Bertz CT molecular complexity index is 607. The first kappa shape index (κ1) is 16.2. The van der Waals surface area contributed by atoms with E-state index in [1.54, 1.807) is 19.3 Å². The molecule has 1 N–H and O–H groups in total. The zero-order valence-corrected chi connectivity index (χ0v) is 13.5. The molecule has 1 amide bonds. The predicted molar refractivity (Wildman–Crippen MR) is 85.4 cm³/mol. The predicted octanol–water partition coefficient (Wildman–Crippen LogP) is 0.947. The fraction of sp³-hybridized carbons (Fsp3) is 0.647. The third kappa shape index (κ3) is 3.82. The average molecular weight is 320 g/mol. The molecule has 2 aliphatic rings. The minimum atomic E-state index is -0.121. The lowest BCUT2D eigenvalue weighted by Gasteiger charge is -2.39. The number of carbonyl (C=O) groups is 1. The molecule has 6 nitrogen and oxygen atoms in total. The molecule has 0 aliphatic carbocycles. The van der Waals surface area contributed by atoms with E-state index in [-0.39, 0.29) is 17.5 Å². The van der Waals surface area contributed by atoms with Crippen molar-refractivity contribution in [2.75, 3.05) is 26.4 Å². The van der Waals surface area contributed by atoms with Gasteiger partial charge in [0.05, 0.1) is 12.2 Å². The molecule has 0 saturated carbocycles. The number of nitrogens with one attached hydrogen (secondary N) is 1. The van der Waals surface area contributed by atoms with E-state index in [2.05, 4.69) is 5.32 Å². The van der Waals surface area contributed by atoms with Crippen molar-refractivity contribution in [1.82, 2.24) is 9.88 Å². The Morgan fingerprint density at radius 2 is 1.91 bits per heavy atom. The van der Waals surface area contributed by atoms with Crippen LogP contribution in [-0.4, -0.2) is 42.9 Å². The number of ether oxygens (including phenoxy) is 2. The summed E-state index contributed by atoms with van der Waals surface area (Å²) in [5, 5.41) is 3.15. The van der Waals surface area contributed by atoms with Gasteiger partial charge in [-0.3, -0.25) is 9.59 Å². The number of carbonyl (C=O) groups excluding carboxylic acids is 1. The second-order valence-electron chi connectivity index (χ2n) is 6.42. The Labute approximate surface area is 135 Å². The highest BCUT2D eigenvalue weighted by Gasteiger charge is 2.34. The second-order valence-corrected chi connectivity index (χ2v) is 6.42. The van der Waals surface area contributed by atoms with E-state index in [1.165, 1.54) is 10.6 Å². The van der Waals surface area contributed by atoms with Gasteiger partial charge in [-0.1, -0.05) is 0 Å². The van der Waals surface area contributed by atoms with Gasteiger partial charge in [0.2, 0.25) is 5.56 Å². The number of hydrogen-bond acceptors (Lipinski definition) is 4. The summed E-state index contributed by atoms with van der Waals surface area (Å²) in [6.07, 6.45) is 4.47. The van der Waals surface area contributed by atoms with Crippen LogP contribution >= 0.6 is 0 Å². The zero-order chi connectivity index (χ0) is 16.2. The molecule has 0 spiro atoms. The van der Waals surface area contributed by atoms with Crippen LogP contribution in [0.1, 0.15) is 29.6 Å². The second kappa shape index (κ2) is 7.27. The van der Waals surface area contributed by atoms with E-state index in [9.17, 15) is 9.59 Å². The number of aryl methyl sites for hydroxylation is 1. The lowest BCUT2D eigenvalue weighted by molar-refractivity contribution is -0.0259. The van der Waals surface area contributed by atoms with Crippen LogP contribution in [0.3, 0.4) is 0 Å². The van der Waals surface area contributed by atoms with Crippen LogP contribution in [0.15, 0.2) is 23.1 Å². The van der Waals surface area contributed by atoms with Crippen molar-refractivity contribution >= 4 is 5.91 Å². The first-order valence-electron chi connectivity index (χ1n) is 8.28. The van der Waals surface area contributed by atoms with E-state index < -0.39 is 0 Å². The Morgan fingerprint density at radius 1 is 1.17 bits per heavy atom. The maximum atomic E-state index is 12.5. The Morgan fingerprint density at radius 3 is 2.65 bits per heavy atom. The molecule has 6 heteroatoms. The smallest absolute Gasteiger partial charge is 0.252 e. The minimum absolute atomic E-state index is 0.118. The quantitative estimate of drug-likeness (QED) is 0.900. The fourth-order valence-corrected chi connectivity index (χ4v) is 3.53. The fourth-order valence-electron chi connectivity index (χ4n) is 3.53. The van der Waals surface area contributed by atoms with E-state index in [4.69, 9.17) is 9.47 Å².